The summed E-state index contributed by atoms with van der Waals surface area (Å²) in [5.74, 6) is 0.744. The molecule has 3 rings (SSSR count). The summed E-state index contributed by atoms with van der Waals surface area (Å²) < 4.78 is 5.51. The molecule has 0 fully saturated rings. The fraction of sp³-hybridized carbons (Fsp3) is 0.158. The van der Waals surface area contributed by atoms with E-state index >= 15 is 0 Å². The topological polar surface area (TPSA) is 51.2 Å². The number of fused-ring (bicyclic) bond motifs is 1. The Labute approximate surface area is 135 Å². The highest BCUT2D eigenvalue weighted by atomic mass is 16.5. The van der Waals surface area contributed by atoms with Crippen molar-refractivity contribution in [3.05, 3.63) is 72.4 Å². The van der Waals surface area contributed by atoms with Crippen LogP contribution in [0.5, 0.6) is 5.75 Å². The van der Waals surface area contributed by atoms with E-state index in [0.29, 0.717) is 19.6 Å². The van der Waals surface area contributed by atoms with Crippen LogP contribution in [-0.4, -0.2) is 17.5 Å². The fourth-order valence-electron chi connectivity index (χ4n) is 2.28. The second-order valence-electron chi connectivity index (χ2n) is 5.22. The lowest BCUT2D eigenvalue weighted by atomic mass is 10.1. The van der Waals surface area contributed by atoms with Crippen molar-refractivity contribution in [2.24, 2.45) is 0 Å². The van der Waals surface area contributed by atoms with Crippen LogP contribution >= 0.6 is 0 Å². The van der Waals surface area contributed by atoms with Crippen molar-refractivity contribution in [3.8, 4) is 5.75 Å². The van der Waals surface area contributed by atoms with Gasteiger partial charge in [-0.25, -0.2) is 0 Å². The molecule has 0 aliphatic rings. The zero-order valence-electron chi connectivity index (χ0n) is 12.7. The SMILES string of the molecule is O=C(CCOc1ccccc1)NCc1cnc2ccccc2c1. The van der Waals surface area contributed by atoms with Gasteiger partial charge in [-0.05, 0) is 29.8 Å². The number of ether oxygens (including phenoxy) is 1. The summed E-state index contributed by atoms with van der Waals surface area (Å²) in [7, 11) is 0. The first-order chi connectivity index (χ1) is 11.3. The molecule has 0 aliphatic heterocycles. The Bertz CT molecular complexity index is 787. The van der Waals surface area contributed by atoms with Crippen LogP contribution in [0, 0.1) is 0 Å². The van der Waals surface area contributed by atoms with E-state index in [1.807, 2.05) is 60.7 Å². The average molecular weight is 306 g/mol. The van der Waals surface area contributed by atoms with Crippen LogP contribution in [0.4, 0.5) is 0 Å². The van der Waals surface area contributed by atoms with Gasteiger partial charge in [0.25, 0.3) is 0 Å². The maximum absolute atomic E-state index is 11.9. The number of rotatable bonds is 6. The smallest absolute Gasteiger partial charge is 0.223 e. The number of carbonyl (C=O) groups is 1. The van der Waals surface area contributed by atoms with Crippen LogP contribution in [0.25, 0.3) is 10.9 Å². The molecular formula is C19H18N2O2. The van der Waals surface area contributed by atoms with E-state index in [1.54, 1.807) is 6.20 Å². The van der Waals surface area contributed by atoms with Gasteiger partial charge in [0, 0.05) is 18.1 Å². The summed E-state index contributed by atoms with van der Waals surface area (Å²) in [5, 5.41) is 3.97. The molecule has 2 aromatic carbocycles. The van der Waals surface area contributed by atoms with Gasteiger partial charge in [-0.1, -0.05) is 36.4 Å². The number of carbonyl (C=O) groups excluding carboxylic acids is 1. The Kier molecular flexibility index (Phi) is 4.84. The minimum atomic E-state index is -0.0333. The quantitative estimate of drug-likeness (QED) is 0.760. The summed E-state index contributed by atoms with van der Waals surface area (Å²) in [6, 6.07) is 19.5. The Morgan fingerprint density at radius 1 is 1.04 bits per heavy atom. The van der Waals surface area contributed by atoms with E-state index in [-0.39, 0.29) is 5.91 Å². The van der Waals surface area contributed by atoms with Crippen molar-refractivity contribution < 1.29 is 9.53 Å². The Hall–Kier alpha value is -2.88. The summed E-state index contributed by atoms with van der Waals surface area (Å²) in [5.41, 5.74) is 1.94. The molecule has 0 atom stereocenters. The van der Waals surface area contributed by atoms with Crippen molar-refractivity contribution >= 4 is 16.8 Å². The standard InChI is InChI=1S/C19H18N2O2/c22-19(10-11-23-17-7-2-1-3-8-17)21-14-15-12-16-6-4-5-9-18(16)20-13-15/h1-9,12-13H,10-11,14H2,(H,21,22). The predicted octanol–water partition coefficient (Wildman–Crippen LogP) is 3.32. The van der Waals surface area contributed by atoms with E-state index in [4.69, 9.17) is 4.74 Å². The first-order valence-electron chi connectivity index (χ1n) is 7.59. The summed E-state index contributed by atoms with van der Waals surface area (Å²) in [6.45, 7) is 0.841. The highest BCUT2D eigenvalue weighted by molar-refractivity contribution is 5.79. The van der Waals surface area contributed by atoms with E-state index in [9.17, 15) is 4.79 Å². The third kappa shape index (κ3) is 4.30. The van der Waals surface area contributed by atoms with Gasteiger partial charge in [0.1, 0.15) is 5.75 Å². The maximum atomic E-state index is 11.9. The monoisotopic (exact) mass is 306 g/mol. The first kappa shape index (κ1) is 15.0. The van der Waals surface area contributed by atoms with Gasteiger partial charge >= 0.3 is 0 Å². The molecule has 0 aliphatic carbocycles. The van der Waals surface area contributed by atoms with Crippen molar-refractivity contribution in [3.63, 3.8) is 0 Å². The van der Waals surface area contributed by atoms with Crippen molar-refractivity contribution in [1.82, 2.24) is 10.3 Å². The largest absolute Gasteiger partial charge is 0.493 e. The molecule has 1 heterocycles. The van der Waals surface area contributed by atoms with Crippen LogP contribution < -0.4 is 10.1 Å². The summed E-state index contributed by atoms with van der Waals surface area (Å²) >= 11 is 0. The van der Waals surface area contributed by atoms with Crippen molar-refractivity contribution in [1.29, 1.82) is 0 Å². The summed E-state index contributed by atoms with van der Waals surface area (Å²) in [4.78, 5) is 16.2. The third-order valence-corrected chi connectivity index (χ3v) is 3.48. The average Bonchev–Trinajstić information content (AvgIpc) is 2.61. The van der Waals surface area contributed by atoms with Crippen molar-refractivity contribution in [2.45, 2.75) is 13.0 Å². The van der Waals surface area contributed by atoms with Crippen LogP contribution in [0.15, 0.2) is 66.9 Å². The van der Waals surface area contributed by atoms with Gasteiger partial charge in [0.15, 0.2) is 0 Å². The molecule has 0 radical (unpaired) electrons. The number of pyridine rings is 1. The molecule has 4 heteroatoms. The minimum absolute atomic E-state index is 0.0333. The van der Waals surface area contributed by atoms with Gasteiger partial charge in [-0.2, -0.15) is 0 Å². The second kappa shape index (κ2) is 7.40. The van der Waals surface area contributed by atoms with Gasteiger partial charge < -0.3 is 10.1 Å². The zero-order valence-corrected chi connectivity index (χ0v) is 12.7. The highest BCUT2D eigenvalue weighted by Gasteiger charge is 2.03. The number of benzene rings is 2. The number of hydrogen-bond donors (Lipinski definition) is 1. The zero-order chi connectivity index (χ0) is 15.9. The molecule has 0 saturated heterocycles. The fourth-order valence-corrected chi connectivity index (χ4v) is 2.28. The van der Waals surface area contributed by atoms with E-state index in [0.717, 1.165) is 22.2 Å². The summed E-state index contributed by atoms with van der Waals surface area (Å²) in [6.07, 6.45) is 2.12. The number of hydrogen-bond acceptors (Lipinski definition) is 3. The predicted molar refractivity (Wildman–Crippen MR) is 90.1 cm³/mol. The van der Waals surface area contributed by atoms with Gasteiger partial charge in [-0.15, -0.1) is 0 Å². The minimum Gasteiger partial charge on any atom is -0.493 e. The van der Waals surface area contributed by atoms with E-state index in [2.05, 4.69) is 10.3 Å². The van der Waals surface area contributed by atoms with Gasteiger partial charge in [0.2, 0.25) is 5.91 Å². The highest BCUT2D eigenvalue weighted by Crippen LogP contribution is 2.12. The van der Waals surface area contributed by atoms with Gasteiger partial charge in [0.05, 0.1) is 18.5 Å². The number of para-hydroxylation sites is 2. The number of nitrogens with one attached hydrogen (secondary N) is 1. The first-order valence-corrected chi connectivity index (χ1v) is 7.59. The maximum Gasteiger partial charge on any atom is 0.223 e. The molecule has 1 aromatic heterocycles. The third-order valence-electron chi connectivity index (χ3n) is 3.48. The number of nitrogens with zero attached hydrogens (tertiary/aromatic N) is 1. The Balaban J connectivity index is 1.46. The lowest BCUT2D eigenvalue weighted by Gasteiger charge is -2.08. The lowest BCUT2D eigenvalue weighted by Crippen LogP contribution is -2.24. The van der Waals surface area contributed by atoms with Crippen LogP contribution in [0.1, 0.15) is 12.0 Å². The molecule has 4 nitrogen and oxygen atoms in total. The molecule has 23 heavy (non-hydrogen) atoms. The molecule has 3 aromatic rings. The lowest BCUT2D eigenvalue weighted by molar-refractivity contribution is -0.121. The van der Waals surface area contributed by atoms with Gasteiger partial charge in [-0.3, -0.25) is 9.78 Å². The van der Waals surface area contributed by atoms with Crippen LogP contribution in [-0.2, 0) is 11.3 Å². The normalized spacial score (nSPS) is 10.4. The molecule has 0 unspecified atom stereocenters. The van der Waals surface area contributed by atoms with Crippen LogP contribution in [0.3, 0.4) is 0 Å². The van der Waals surface area contributed by atoms with E-state index in [1.165, 1.54) is 0 Å². The van der Waals surface area contributed by atoms with Crippen molar-refractivity contribution in [2.75, 3.05) is 6.61 Å². The molecule has 0 bridgehead atoms. The van der Waals surface area contributed by atoms with E-state index < -0.39 is 0 Å². The molecular weight excluding hydrogens is 288 g/mol. The number of aromatic nitrogens is 1. The molecule has 1 N–H and O–H groups in total. The second-order valence-corrected chi connectivity index (χ2v) is 5.22. The molecule has 1 amide bonds. The number of amides is 1. The molecule has 0 saturated carbocycles. The Morgan fingerprint density at radius 2 is 1.83 bits per heavy atom. The molecule has 0 spiro atoms. The molecule has 116 valence electrons. The Morgan fingerprint density at radius 3 is 2.70 bits per heavy atom. The van der Waals surface area contributed by atoms with Crippen LogP contribution in [0.2, 0.25) is 0 Å².